The van der Waals surface area contributed by atoms with Crippen molar-refractivity contribution < 1.29 is 19.1 Å². The summed E-state index contributed by atoms with van der Waals surface area (Å²) >= 11 is 0. The quantitative estimate of drug-likeness (QED) is 0.758. The third kappa shape index (κ3) is 3.87. The number of rotatable bonds is 5. The molecule has 27 heavy (non-hydrogen) atoms. The van der Waals surface area contributed by atoms with E-state index in [4.69, 9.17) is 9.47 Å². The fourth-order valence-electron chi connectivity index (χ4n) is 3.00. The summed E-state index contributed by atoms with van der Waals surface area (Å²) in [7, 11) is 3.10. The molecule has 3 N–H and O–H groups in total. The first-order valence-corrected chi connectivity index (χ1v) is 8.40. The second-order valence-electron chi connectivity index (χ2n) is 6.00. The van der Waals surface area contributed by atoms with Crippen LogP contribution in [0.1, 0.15) is 18.5 Å². The van der Waals surface area contributed by atoms with E-state index in [0.29, 0.717) is 28.5 Å². The molecule has 3 amide bonds. The first-order valence-electron chi connectivity index (χ1n) is 8.40. The van der Waals surface area contributed by atoms with E-state index in [1.54, 1.807) is 44.4 Å². The van der Waals surface area contributed by atoms with E-state index in [0.717, 1.165) is 5.56 Å². The lowest BCUT2D eigenvalue weighted by Crippen LogP contribution is -2.46. The van der Waals surface area contributed by atoms with Crippen LogP contribution in [-0.4, -0.2) is 26.2 Å². The predicted octanol–water partition coefficient (Wildman–Crippen LogP) is 2.97. The minimum atomic E-state index is -0.608. The van der Waals surface area contributed by atoms with Crippen molar-refractivity contribution in [1.82, 2.24) is 10.6 Å². The summed E-state index contributed by atoms with van der Waals surface area (Å²) in [5, 5.41) is 8.32. The van der Waals surface area contributed by atoms with Crippen LogP contribution in [0, 0.1) is 0 Å². The Labute approximate surface area is 157 Å². The Morgan fingerprint density at radius 2 is 1.85 bits per heavy atom. The largest absolute Gasteiger partial charge is 0.497 e. The molecular formula is C20H21N3O4. The van der Waals surface area contributed by atoms with Crippen LogP contribution in [0.15, 0.2) is 59.8 Å². The smallest absolute Gasteiger partial charge is 0.319 e. The van der Waals surface area contributed by atoms with E-state index in [2.05, 4.69) is 16.0 Å². The van der Waals surface area contributed by atoms with E-state index in [1.807, 2.05) is 18.2 Å². The van der Waals surface area contributed by atoms with Gasteiger partial charge in [0, 0.05) is 5.70 Å². The van der Waals surface area contributed by atoms with Gasteiger partial charge in [-0.05, 0) is 36.8 Å². The number of hydrogen-bond donors (Lipinski definition) is 3. The van der Waals surface area contributed by atoms with E-state index < -0.39 is 6.04 Å². The van der Waals surface area contributed by atoms with Gasteiger partial charge >= 0.3 is 6.03 Å². The Morgan fingerprint density at radius 1 is 1.07 bits per heavy atom. The van der Waals surface area contributed by atoms with Gasteiger partial charge in [-0.3, -0.25) is 4.79 Å². The minimum Gasteiger partial charge on any atom is -0.497 e. The lowest BCUT2D eigenvalue weighted by Gasteiger charge is -2.29. The predicted molar refractivity (Wildman–Crippen MR) is 102 cm³/mol. The van der Waals surface area contributed by atoms with Gasteiger partial charge in [0.25, 0.3) is 5.91 Å². The van der Waals surface area contributed by atoms with Gasteiger partial charge in [-0.15, -0.1) is 0 Å². The van der Waals surface area contributed by atoms with Crippen LogP contribution in [-0.2, 0) is 4.79 Å². The number of carbonyl (C=O) groups is 2. The molecule has 0 bridgehead atoms. The van der Waals surface area contributed by atoms with Crippen LogP contribution in [0.3, 0.4) is 0 Å². The Bertz CT molecular complexity index is 908. The fraction of sp³-hybridized carbons (Fsp3) is 0.200. The van der Waals surface area contributed by atoms with Crippen LogP contribution in [0.2, 0.25) is 0 Å². The van der Waals surface area contributed by atoms with Gasteiger partial charge in [-0.2, -0.15) is 0 Å². The molecule has 7 nitrogen and oxygen atoms in total. The highest BCUT2D eigenvalue weighted by Gasteiger charge is 2.31. The SMILES string of the molecule is COc1cccc([C@H]2NC(=O)NC(C)=C2C(=O)Nc2ccccc2OC)c1. The monoisotopic (exact) mass is 367 g/mol. The Kier molecular flexibility index (Phi) is 5.30. The Morgan fingerprint density at radius 3 is 2.59 bits per heavy atom. The molecule has 1 heterocycles. The molecule has 2 aromatic rings. The highest BCUT2D eigenvalue weighted by molar-refractivity contribution is 6.07. The van der Waals surface area contributed by atoms with Crippen molar-refractivity contribution >= 4 is 17.6 Å². The summed E-state index contributed by atoms with van der Waals surface area (Å²) in [5.41, 5.74) is 2.19. The maximum atomic E-state index is 13.0. The molecule has 1 atom stereocenters. The van der Waals surface area contributed by atoms with E-state index in [1.165, 1.54) is 7.11 Å². The second kappa shape index (κ2) is 7.82. The number of hydrogen-bond acceptors (Lipinski definition) is 4. The van der Waals surface area contributed by atoms with Crippen LogP contribution >= 0.6 is 0 Å². The third-order valence-electron chi connectivity index (χ3n) is 4.30. The normalized spacial score (nSPS) is 16.3. The number of benzene rings is 2. The van der Waals surface area contributed by atoms with Gasteiger partial charge in [-0.25, -0.2) is 4.79 Å². The van der Waals surface area contributed by atoms with E-state index in [9.17, 15) is 9.59 Å². The number of carbonyl (C=O) groups excluding carboxylic acids is 2. The molecule has 0 saturated carbocycles. The summed E-state index contributed by atoms with van der Waals surface area (Å²) < 4.78 is 10.5. The molecule has 0 saturated heterocycles. The topological polar surface area (TPSA) is 88.7 Å². The first kappa shape index (κ1) is 18.3. The number of nitrogens with one attached hydrogen (secondary N) is 3. The van der Waals surface area contributed by atoms with Gasteiger partial charge in [0.05, 0.1) is 31.5 Å². The van der Waals surface area contributed by atoms with Crippen LogP contribution in [0.25, 0.3) is 0 Å². The number of allylic oxidation sites excluding steroid dienone is 1. The van der Waals surface area contributed by atoms with Crippen LogP contribution < -0.4 is 25.4 Å². The first-order chi connectivity index (χ1) is 13.0. The molecule has 0 aliphatic carbocycles. The maximum absolute atomic E-state index is 13.0. The number of ether oxygens (including phenoxy) is 2. The van der Waals surface area contributed by atoms with Crippen molar-refractivity contribution in [3.63, 3.8) is 0 Å². The molecule has 140 valence electrons. The number of para-hydroxylation sites is 2. The molecule has 2 aromatic carbocycles. The second-order valence-corrected chi connectivity index (χ2v) is 6.00. The molecular weight excluding hydrogens is 346 g/mol. The van der Waals surface area contributed by atoms with Gasteiger partial charge in [0.1, 0.15) is 11.5 Å². The molecule has 0 aromatic heterocycles. The van der Waals surface area contributed by atoms with Crippen molar-refractivity contribution in [2.45, 2.75) is 13.0 Å². The number of urea groups is 1. The summed E-state index contributed by atoms with van der Waals surface area (Å²) in [6.07, 6.45) is 0. The van der Waals surface area contributed by atoms with Gasteiger partial charge in [-0.1, -0.05) is 24.3 Å². The van der Waals surface area contributed by atoms with Crippen molar-refractivity contribution in [2.75, 3.05) is 19.5 Å². The van der Waals surface area contributed by atoms with Crippen LogP contribution in [0.5, 0.6) is 11.5 Å². The molecule has 1 aliphatic rings. The molecule has 0 unspecified atom stereocenters. The molecule has 0 spiro atoms. The van der Waals surface area contributed by atoms with Crippen molar-refractivity contribution in [3.05, 3.63) is 65.4 Å². The van der Waals surface area contributed by atoms with Gasteiger partial charge in [0.15, 0.2) is 0 Å². The Balaban J connectivity index is 1.97. The van der Waals surface area contributed by atoms with Crippen molar-refractivity contribution in [2.24, 2.45) is 0 Å². The van der Waals surface area contributed by atoms with E-state index in [-0.39, 0.29) is 11.9 Å². The minimum absolute atomic E-state index is 0.336. The average Bonchev–Trinajstić information content (AvgIpc) is 2.67. The zero-order valence-electron chi connectivity index (χ0n) is 15.3. The molecule has 1 aliphatic heterocycles. The number of amides is 3. The zero-order valence-corrected chi connectivity index (χ0v) is 15.3. The Hall–Kier alpha value is -3.48. The maximum Gasteiger partial charge on any atom is 0.319 e. The molecule has 3 rings (SSSR count). The van der Waals surface area contributed by atoms with Crippen molar-refractivity contribution in [3.8, 4) is 11.5 Å². The highest BCUT2D eigenvalue weighted by atomic mass is 16.5. The van der Waals surface area contributed by atoms with Gasteiger partial charge in [0.2, 0.25) is 0 Å². The highest BCUT2D eigenvalue weighted by Crippen LogP contribution is 2.31. The summed E-state index contributed by atoms with van der Waals surface area (Å²) in [6.45, 7) is 1.70. The average molecular weight is 367 g/mol. The standard InChI is InChI=1S/C20H21N3O4/c1-12-17(19(24)22-15-9-4-5-10-16(15)27-3)18(23-20(25)21-12)13-7-6-8-14(11-13)26-2/h4-11,18H,1-3H3,(H,22,24)(H2,21,23,25)/t18-/m1/s1. The summed E-state index contributed by atoms with van der Waals surface area (Å²) in [5.74, 6) is 0.856. The third-order valence-corrected chi connectivity index (χ3v) is 4.30. The lowest BCUT2D eigenvalue weighted by molar-refractivity contribution is -0.113. The molecule has 7 heteroatoms. The van der Waals surface area contributed by atoms with Crippen molar-refractivity contribution in [1.29, 1.82) is 0 Å². The zero-order chi connectivity index (χ0) is 19.4. The molecule has 0 fully saturated rings. The summed E-state index contributed by atoms with van der Waals surface area (Å²) in [6, 6.07) is 13.4. The van der Waals surface area contributed by atoms with Crippen LogP contribution in [0.4, 0.5) is 10.5 Å². The summed E-state index contributed by atoms with van der Waals surface area (Å²) in [4.78, 5) is 25.0. The fourth-order valence-corrected chi connectivity index (χ4v) is 3.00. The number of methoxy groups -OCH3 is 2. The lowest BCUT2D eigenvalue weighted by atomic mass is 9.94. The number of anilines is 1. The van der Waals surface area contributed by atoms with E-state index >= 15 is 0 Å². The van der Waals surface area contributed by atoms with Gasteiger partial charge < -0.3 is 25.4 Å². The molecule has 0 radical (unpaired) electrons.